The highest BCUT2D eigenvalue weighted by atomic mass is 16.2. The molecule has 0 aromatic carbocycles. The summed E-state index contributed by atoms with van der Waals surface area (Å²) in [5, 5.41) is 0. The molecule has 1 aliphatic carbocycles. The maximum atomic E-state index is 12.4. The Balaban J connectivity index is 2.44. The highest BCUT2D eigenvalue weighted by Gasteiger charge is 2.26. The van der Waals surface area contributed by atoms with Gasteiger partial charge < -0.3 is 16.3 Å². The second kappa shape index (κ2) is 12.1. The molecule has 0 radical (unpaired) electrons. The first-order chi connectivity index (χ1) is 11.6. The molecule has 2 amide bonds. The second-order valence-corrected chi connectivity index (χ2v) is 6.80. The van der Waals surface area contributed by atoms with Gasteiger partial charge >= 0.3 is 0 Å². The summed E-state index contributed by atoms with van der Waals surface area (Å²) in [6.07, 6.45) is 11.0. The van der Waals surface area contributed by atoms with Crippen molar-refractivity contribution in [2.75, 3.05) is 13.1 Å². The Bertz CT molecular complexity index is 395. The van der Waals surface area contributed by atoms with E-state index in [1.54, 1.807) is 0 Å². The Hall–Kier alpha value is -1.27. The zero-order chi connectivity index (χ0) is 17.8. The van der Waals surface area contributed by atoms with E-state index >= 15 is 0 Å². The molecule has 0 saturated heterocycles. The Morgan fingerprint density at radius 2 is 1.83 bits per heavy atom. The summed E-state index contributed by atoms with van der Waals surface area (Å²) in [5.74, 6) is -0.0805. The summed E-state index contributed by atoms with van der Waals surface area (Å²) in [6.45, 7) is 0.392. The molecular formula is C18H33N3O3. The van der Waals surface area contributed by atoms with E-state index in [9.17, 15) is 14.4 Å². The standard InChI is InChI=1S/C18H33N3O3/c19-12-6-2-5-9-17(23)21(13-14-22)18(24)16(20)11-10-15-7-3-1-4-8-15/h14-16H,1-13,19-20H2/t16-/m0/s1. The molecule has 0 bridgehead atoms. The van der Waals surface area contributed by atoms with Gasteiger partial charge in [-0.15, -0.1) is 0 Å². The molecule has 0 aromatic heterocycles. The Morgan fingerprint density at radius 3 is 2.46 bits per heavy atom. The van der Waals surface area contributed by atoms with Gasteiger partial charge in [-0.1, -0.05) is 38.5 Å². The topological polar surface area (TPSA) is 106 Å². The molecule has 1 rings (SSSR count). The van der Waals surface area contributed by atoms with Gasteiger partial charge in [-0.05, 0) is 38.1 Å². The van der Waals surface area contributed by atoms with E-state index in [1.165, 1.54) is 32.1 Å². The Labute approximate surface area is 145 Å². The number of hydrogen-bond acceptors (Lipinski definition) is 5. The fourth-order valence-corrected chi connectivity index (χ4v) is 3.34. The van der Waals surface area contributed by atoms with Gasteiger partial charge in [-0.2, -0.15) is 0 Å². The molecule has 0 spiro atoms. The van der Waals surface area contributed by atoms with E-state index in [1.807, 2.05) is 0 Å². The summed E-state index contributed by atoms with van der Waals surface area (Å²) in [7, 11) is 0. The molecule has 4 N–H and O–H groups in total. The second-order valence-electron chi connectivity index (χ2n) is 6.80. The third-order valence-electron chi connectivity index (χ3n) is 4.85. The highest BCUT2D eigenvalue weighted by Crippen LogP contribution is 2.27. The largest absolute Gasteiger partial charge is 0.330 e. The minimum atomic E-state index is -0.695. The quantitative estimate of drug-likeness (QED) is 0.440. The van der Waals surface area contributed by atoms with Crippen molar-refractivity contribution in [2.45, 2.75) is 76.7 Å². The van der Waals surface area contributed by atoms with Crippen molar-refractivity contribution in [3.63, 3.8) is 0 Å². The van der Waals surface area contributed by atoms with E-state index in [-0.39, 0.29) is 18.9 Å². The van der Waals surface area contributed by atoms with Crippen LogP contribution in [-0.2, 0) is 14.4 Å². The molecule has 6 heteroatoms. The van der Waals surface area contributed by atoms with Crippen molar-refractivity contribution in [2.24, 2.45) is 17.4 Å². The van der Waals surface area contributed by atoms with Gasteiger partial charge in [0.1, 0.15) is 6.29 Å². The Morgan fingerprint density at radius 1 is 1.12 bits per heavy atom. The summed E-state index contributed by atoms with van der Waals surface area (Å²) in [5.41, 5.74) is 11.4. The molecule has 1 saturated carbocycles. The monoisotopic (exact) mass is 339 g/mol. The van der Waals surface area contributed by atoms with Crippen molar-refractivity contribution >= 4 is 18.1 Å². The number of unbranched alkanes of at least 4 members (excludes halogenated alkanes) is 2. The third-order valence-corrected chi connectivity index (χ3v) is 4.85. The van der Waals surface area contributed by atoms with Crippen LogP contribution in [-0.4, -0.2) is 42.1 Å². The highest BCUT2D eigenvalue weighted by molar-refractivity contribution is 5.99. The zero-order valence-electron chi connectivity index (χ0n) is 14.8. The van der Waals surface area contributed by atoms with Gasteiger partial charge in [0, 0.05) is 6.42 Å². The lowest BCUT2D eigenvalue weighted by molar-refractivity contribution is -0.147. The summed E-state index contributed by atoms with van der Waals surface area (Å²) < 4.78 is 0. The van der Waals surface area contributed by atoms with Gasteiger partial charge in [0.15, 0.2) is 0 Å². The molecule has 0 aromatic rings. The minimum Gasteiger partial charge on any atom is -0.330 e. The van der Waals surface area contributed by atoms with Crippen LogP contribution < -0.4 is 11.5 Å². The van der Waals surface area contributed by atoms with Crippen molar-refractivity contribution in [1.29, 1.82) is 0 Å². The molecule has 6 nitrogen and oxygen atoms in total. The van der Waals surface area contributed by atoms with Crippen LogP contribution in [0.2, 0.25) is 0 Å². The molecule has 1 aliphatic rings. The van der Waals surface area contributed by atoms with Crippen LogP contribution in [0.5, 0.6) is 0 Å². The lowest BCUT2D eigenvalue weighted by Gasteiger charge is -2.25. The summed E-state index contributed by atoms with van der Waals surface area (Å²) in [4.78, 5) is 36.5. The first kappa shape index (κ1) is 20.8. The molecular weight excluding hydrogens is 306 g/mol. The number of imide groups is 1. The Kier molecular flexibility index (Phi) is 10.5. The normalized spacial score (nSPS) is 16.6. The van der Waals surface area contributed by atoms with Crippen molar-refractivity contribution < 1.29 is 14.4 Å². The fourth-order valence-electron chi connectivity index (χ4n) is 3.34. The molecule has 1 atom stereocenters. The summed E-state index contributed by atoms with van der Waals surface area (Å²) >= 11 is 0. The number of carbonyl (C=O) groups excluding carboxylic acids is 3. The molecule has 0 heterocycles. The average Bonchev–Trinajstić information content (AvgIpc) is 2.61. The maximum Gasteiger partial charge on any atom is 0.246 e. The van der Waals surface area contributed by atoms with E-state index < -0.39 is 11.9 Å². The fraction of sp³-hybridized carbons (Fsp3) is 0.833. The molecule has 1 fully saturated rings. The lowest BCUT2D eigenvalue weighted by Crippen LogP contribution is -2.47. The van der Waals surface area contributed by atoms with E-state index in [2.05, 4.69) is 0 Å². The minimum absolute atomic E-state index is 0.203. The van der Waals surface area contributed by atoms with Crippen LogP contribution in [0.25, 0.3) is 0 Å². The summed E-state index contributed by atoms with van der Waals surface area (Å²) in [6, 6.07) is -0.695. The third kappa shape index (κ3) is 7.53. The number of rotatable bonds is 11. The number of nitrogens with zero attached hydrogens (tertiary/aromatic N) is 1. The number of amides is 2. The average molecular weight is 339 g/mol. The van der Waals surface area contributed by atoms with E-state index in [0.717, 1.165) is 24.2 Å². The maximum absolute atomic E-state index is 12.4. The number of carbonyl (C=O) groups is 3. The first-order valence-electron chi connectivity index (χ1n) is 9.33. The van der Waals surface area contributed by atoms with Crippen LogP contribution in [0.15, 0.2) is 0 Å². The van der Waals surface area contributed by atoms with Gasteiger partial charge in [-0.25, -0.2) is 0 Å². The first-order valence-corrected chi connectivity index (χ1v) is 9.33. The molecule has 0 unspecified atom stereocenters. The van der Waals surface area contributed by atoms with Crippen LogP contribution in [0, 0.1) is 5.92 Å². The molecule has 0 aliphatic heterocycles. The van der Waals surface area contributed by atoms with Gasteiger partial charge in [0.2, 0.25) is 11.8 Å². The predicted molar refractivity (Wildman–Crippen MR) is 94.1 cm³/mol. The number of hydrogen-bond donors (Lipinski definition) is 2. The van der Waals surface area contributed by atoms with Crippen LogP contribution in [0.1, 0.15) is 70.6 Å². The predicted octanol–water partition coefficient (Wildman–Crippen LogP) is 1.75. The lowest BCUT2D eigenvalue weighted by atomic mass is 9.85. The SMILES string of the molecule is NCCCCCC(=O)N(CC=O)C(=O)[C@@H](N)CCC1CCCCC1. The van der Waals surface area contributed by atoms with Crippen LogP contribution in [0.4, 0.5) is 0 Å². The van der Waals surface area contributed by atoms with Crippen molar-refractivity contribution in [3.8, 4) is 0 Å². The van der Waals surface area contributed by atoms with Gasteiger partial charge in [0.25, 0.3) is 0 Å². The molecule has 24 heavy (non-hydrogen) atoms. The van der Waals surface area contributed by atoms with E-state index in [0.29, 0.717) is 31.6 Å². The van der Waals surface area contributed by atoms with Crippen LogP contribution >= 0.6 is 0 Å². The van der Waals surface area contributed by atoms with Crippen LogP contribution in [0.3, 0.4) is 0 Å². The smallest absolute Gasteiger partial charge is 0.246 e. The van der Waals surface area contributed by atoms with Gasteiger partial charge in [-0.3, -0.25) is 14.5 Å². The number of nitrogens with two attached hydrogens (primary N) is 2. The van der Waals surface area contributed by atoms with E-state index in [4.69, 9.17) is 11.5 Å². The van der Waals surface area contributed by atoms with Crippen molar-refractivity contribution in [1.82, 2.24) is 4.90 Å². The molecule has 138 valence electrons. The van der Waals surface area contributed by atoms with Crippen molar-refractivity contribution in [3.05, 3.63) is 0 Å². The van der Waals surface area contributed by atoms with Gasteiger partial charge in [0.05, 0.1) is 12.6 Å². The number of aldehydes is 1. The zero-order valence-corrected chi connectivity index (χ0v) is 14.8.